The number of benzene rings is 1. The molecule has 5 nitrogen and oxygen atoms in total. The highest BCUT2D eigenvalue weighted by Crippen LogP contribution is 2.15. The minimum Gasteiger partial charge on any atom is -0.492 e. The highest BCUT2D eigenvalue weighted by atomic mass is 35.5. The Bertz CT molecular complexity index is 424. The number of nitrogens with one attached hydrogen (secondary N) is 2. The van der Waals surface area contributed by atoms with Crippen LogP contribution in [0.1, 0.15) is 6.42 Å². The van der Waals surface area contributed by atoms with Gasteiger partial charge in [0.25, 0.3) is 0 Å². The first kappa shape index (κ1) is 14.1. The predicted molar refractivity (Wildman–Crippen MR) is 72.4 cm³/mol. The molecule has 3 N–H and O–H groups in total. The predicted octanol–water partition coefficient (Wildman–Crippen LogP) is 0.558. The molecule has 0 spiro atoms. The number of amides is 1. The fourth-order valence-electron chi connectivity index (χ4n) is 1.91. The molecule has 104 valence electrons. The minimum absolute atomic E-state index is 0.101. The average Bonchev–Trinajstić information content (AvgIpc) is 2.83. The van der Waals surface area contributed by atoms with E-state index in [0.29, 0.717) is 36.9 Å². The molecule has 1 amide bonds. The van der Waals surface area contributed by atoms with Crippen LogP contribution < -0.4 is 15.4 Å². The number of carbonyl (C=O) groups is 1. The molecule has 0 aromatic heterocycles. The summed E-state index contributed by atoms with van der Waals surface area (Å²) in [4.78, 5) is 11.7. The third kappa shape index (κ3) is 4.38. The van der Waals surface area contributed by atoms with E-state index in [1.807, 2.05) is 0 Å². The Morgan fingerprint density at radius 3 is 2.84 bits per heavy atom. The van der Waals surface area contributed by atoms with Crippen molar-refractivity contribution in [2.45, 2.75) is 18.6 Å². The zero-order valence-corrected chi connectivity index (χ0v) is 11.2. The smallest absolute Gasteiger partial charge is 0.237 e. The van der Waals surface area contributed by atoms with Crippen molar-refractivity contribution in [1.82, 2.24) is 10.6 Å². The highest BCUT2D eigenvalue weighted by Gasteiger charge is 2.27. The Morgan fingerprint density at radius 1 is 1.47 bits per heavy atom. The van der Waals surface area contributed by atoms with Gasteiger partial charge in [0.15, 0.2) is 0 Å². The Morgan fingerprint density at radius 2 is 2.21 bits per heavy atom. The van der Waals surface area contributed by atoms with Gasteiger partial charge in [-0.2, -0.15) is 0 Å². The van der Waals surface area contributed by atoms with Crippen molar-refractivity contribution < 1.29 is 14.6 Å². The van der Waals surface area contributed by atoms with Crippen molar-refractivity contribution >= 4 is 17.5 Å². The van der Waals surface area contributed by atoms with Crippen molar-refractivity contribution in [2.24, 2.45) is 0 Å². The zero-order chi connectivity index (χ0) is 13.7. The molecule has 0 bridgehead atoms. The molecule has 2 rings (SSSR count). The molecular weight excluding hydrogens is 268 g/mol. The van der Waals surface area contributed by atoms with Crippen LogP contribution in [0.5, 0.6) is 5.75 Å². The number of aliphatic hydroxyl groups excluding tert-OH is 1. The van der Waals surface area contributed by atoms with Gasteiger partial charge in [-0.1, -0.05) is 11.6 Å². The summed E-state index contributed by atoms with van der Waals surface area (Å²) in [6.45, 7) is 1.29. The van der Waals surface area contributed by atoms with E-state index in [-0.39, 0.29) is 11.9 Å². The lowest BCUT2D eigenvalue weighted by Crippen LogP contribution is -2.41. The van der Waals surface area contributed by atoms with E-state index in [1.165, 1.54) is 0 Å². The van der Waals surface area contributed by atoms with E-state index < -0.39 is 6.10 Å². The molecule has 1 aliphatic rings. The standard InChI is InChI=1S/C13H17ClN2O3/c14-9-1-3-11(4-2-9)19-6-5-15-13(18)12-7-10(17)8-16-12/h1-4,10,12,16-17H,5-8H2,(H,15,18)/t10-,12-/m1/s1. The fourth-order valence-corrected chi connectivity index (χ4v) is 2.04. The van der Waals surface area contributed by atoms with E-state index in [2.05, 4.69) is 10.6 Å². The molecule has 0 radical (unpaired) electrons. The van der Waals surface area contributed by atoms with Crippen molar-refractivity contribution in [2.75, 3.05) is 19.7 Å². The van der Waals surface area contributed by atoms with Gasteiger partial charge in [0.05, 0.1) is 18.7 Å². The van der Waals surface area contributed by atoms with Crippen LogP contribution >= 0.6 is 11.6 Å². The quantitative estimate of drug-likeness (QED) is 0.691. The highest BCUT2D eigenvalue weighted by molar-refractivity contribution is 6.30. The molecule has 1 saturated heterocycles. The van der Waals surface area contributed by atoms with Crippen molar-refractivity contribution in [3.05, 3.63) is 29.3 Å². The number of halogens is 1. The van der Waals surface area contributed by atoms with Crippen LogP contribution in [0.4, 0.5) is 0 Å². The van der Waals surface area contributed by atoms with Crippen LogP contribution in [0, 0.1) is 0 Å². The molecule has 1 aliphatic heterocycles. The molecule has 0 aliphatic carbocycles. The van der Waals surface area contributed by atoms with Crippen molar-refractivity contribution in [3.63, 3.8) is 0 Å². The van der Waals surface area contributed by atoms with Gasteiger partial charge >= 0.3 is 0 Å². The van der Waals surface area contributed by atoms with Gasteiger partial charge in [0.1, 0.15) is 12.4 Å². The molecule has 1 fully saturated rings. The minimum atomic E-state index is -0.430. The molecule has 1 aromatic carbocycles. The molecule has 1 aromatic rings. The first-order chi connectivity index (χ1) is 9.15. The Kier molecular flexibility index (Phi) is 5.01. The van der Waals surface area contributed by atoms with E-state index >= 15 is 0 Å². The van der Waals surface area contributed by atoms with Gasteiger partial charge in [-0.25, -0.2) is 0 Å². The Hall–Kier alpha value is -1.30. The monoisotopic (exact) mass is 284 g/mol. The van der Waals surface area contributed by atoms with Gasteiger partial charge in [-0.15, -0.1) is 0 Å². The van der Waals surface area contributed by atoms with Crippen LogP contribution in [0.25, 0.3) is 0 Å². The lowest BCUT2D eigenvalue weighted by Gasteiger charge is -2.11. The lowest BCUT2D eigenvalue weighted by atomic mass is 10.2. The second kappa shape index (κ2) is 6.75. The number of ether oxygens (including phenoxy) is 1. The van der Waals surface area contributed by atoms with Crippen molar-refractivity contribution in [1.29, 1.82) is 0 Å². The molecule has 0 saturated carbocycles. The maximum absolute atomic E-state index is 11.7. The van der Waals surface area contributed by atoms with E-state index in [1.54, 1.807) is 24.3 Å². The zero-order valence-electron chi connectivity index (χ0n) is 10.4. The SMILES string of the molecule is O=C(NCCOc1ccc(Cl)cc1)[C@H]1C[C@@H](O)CN1. The molecule has 0 unspecified atom stereocenters. The van der Waals surface area contributed by atoms with Crippen LogP contribution in [-0.2, 0) is 4.79 Å². The molecule has 6 heteroatoms. The van der Waals surface area contributed by atoms with Gasteiger partial charge in [0.2, 0.25) is 5.91 Å². The van der Waals surface area contributed by atoms with Gasteiger partial charge in [0, 0.05) is 11.6 Å². The number of rotatable bonds is 5. The second-order valence-corrected chi connectivity index (χ2v) is 4.88. The summed E-state index contributed by atoms with van der Waals surface area (Å²) in [5, 5.41) is 15.7. The molecule has 2 atom stereocenters. The summed E-state index contributed by atoms with van der Waals surface area (Å²) < 4.78 is 5.45. The largest absolute Gasteiger partial charge is 0.492 e. The van der Waals surface area contributed by atoms with Crippen molar-refractivity contribution in [3.8, 4) is 5.75 Å². The number of hydrogen-bond acceptors (Lipinski definition) is 4. The summed E-state index contributed by atoms with van der Waals surface area (Å²) >= 11 is 5.76. The Labute approximate surface area is 116 Å². The number of β-amino-alcohol motifs (C(OH)–C–C–N with tert-alkyl or cyclic N) is 1. The number of carbonyl (C=O) groups excluding carboxylic acids is 1. The Balaban J connectivity index is 1.64. The number of hydrogen-bond donors (Lipinski definition) is 3. The fraction of sp³-hybridized carbons (Fsp3) is 0.462. The third-order valence-electron chi connectivity index (χ3n) is 2.91. The van der Waals surface area contributed by atoms with Gasteiger partial charge < -0.3 is 20.5 Å². The maximum atomic E-state index is 11.7. The molecule has 19 heavy (non-hydrogen) atoms. The van der Waals surface area contributed by atoms with Gasteiger partial charge in [-0.05, 0) is 30.7 Å². The maximum Gasteiger partial charge on any atom is 0.237 e. The summed E-state index contributed by atoms with van der Waals surface area (Å²) in [5.74, 6) is 0.615. The van der Waals surface area contributed by atoms with E-state index in [0.717, 1.165) is 0 Å². The summed E-state index contributed by atoms with van der Waals surface area (Å²) in [5.41, 5.74) is 0. The second-order valence-electron chi connectivity index (χ2n) is 4.44. The van der Waals surface area contributed by atoms with Crippen LogP contribution in [0.3, 0.4) is 0 Å². The van der Waals surface area contributed by atoms with Crippen LogP contribution in [0.15, 0.2) is 24.3 Å². The normalized spacial score (nSPS) is 22.2. The van der Waals surface area contributed by atoms with E-state index in [9.17, 15) is 9.90 Å². The molecule has 1 heterocycles. The van der Waals surface area contributed by atoms with Gasteiger partial charge in [-0.3, -0.25) is 4.79 Å². The molecular formula is C13H17ClN2O3. The summed E-state index contributed by atoms with van der Waals surface area (Å²) in [7, 11) is 0. The topological polar surface area (TPSA) is 70.6 Å². The van der Waals surface area contributed by atoms with E-state index in [4.69, 9.17) is 16.3 Å². The first-order valence-electron chi connectivity index (χ1n) is 6.22. The lowest BCUT2D eigenvalue weighted by molar-refractivity contribution is -0.123. The van der Waals surface area contributed by atoms with Crippen LogP contribution in [-0.4, -0.2) is 42.9 Å². The average molecular weight is 285 g/mol. The third-order valence-corrected chi connectivity index (χ3v) is 3.16. The summed E-state index contributed by atoms with van der Waals surface area (Å²) in [6.07, 6.45) is 0.0326. The number of aliphatic hydroxyl groups is 1. The van der Waals surface area contributed by atoms with Crippen LogP contribution in [0.2, 0.25) is 5.02 Å². The summed E-state index contributed by atoms with van der Waals surface area (Å²) in [6, 6.07) is 6.75. The first-order valence-corrected chi connectivity index (χ1v) is 6.60.